The van der Waals surface area contributed by atoms with E-state index in [1.807, 2.05) is 45.3 Å². The molecule has 0 saturated carbocycles. The molecule has 4 heterocycles. The number of fused-ring (bicyclic) bond motifs is 2. The van der Waals surface area contributed by atoms with Crippen molar-refractivity contribution in [3.8, 4) is 16.8 Å². The number of rotatable bonds is 4. The molecule has 0 aliphatic carbocycles. The lowest BCUT2D eigenvalue weighted by atomic mass is 9.90. The number of aromatic amines is 1. The molecular weight excluding hydrogens is 452 g/mol. The zero-order chi connectivity index (χ0) is 25.2. The Balaban J connectivity index is 0.00000130. The molecule has 0 spiro atoms. The second-order valence-electron chi connectivity index (χ2n) is 8.85. The Bertz CT molecular complexity index is 1530. The lowest BCUT2D eigenvalue weighted by molar-refractivity contribution is 0.0697. The number of carboxylic acid groups (broad SMARTS) is 1. The first-order chi connectivity index (χ1) is 17.6. The van der Waals surface area contributed by atoms with Gasteiger partial charge in [0, 0.05) is 58.7 Å². The number of nitrogens with one attached hydrogen (secondary N) is 1. The number of aryl methyl sites for hydroxylation is 1. The maximum Gasteiger partial charge on any atom is 0.335 e. The molecule has 1 aliphatic rings. The van der Waals surface area contributed by atoms with Crippen LogP contribution in [0, 0.1) is 6.92 Å². The van der Waals surface area contributed by atoms with Gasteiger partial charge in [-0.05, 0) is 73.9 Å². The normalized spacial score (nSPS) is 14.1. The summed E-state index contributed by atoms with van der Waals surface area (Å²) in [5.41, 5.74) is 7.75. The third-order valence-corrected chi connectivity index (χ3v) is 6.73. The van der Waals surface area contributed by atoms with Crippen LogP contribution in [0.25, 0.3) is 38.6 Å². The number of H-pyrrole nitrogens is 1. The van der Waals surface area contributed by atoms with E-state index in [0.29, 0.717) is 5.92 Å². The topological polar surface area (TPSA) is 93.0 Å². The fourth-order valence-corrected chi connectivity index (χ4v) is 5.14. The number of aromatic nitrogens is 4. The minimum atomic E-state index is -0.930. The summed E-state index contributed by atoms with van der Waals surface area (Å²) < 4.78 is 7.99. The number of aromatic carboxylic acids is 1. The average molecular weight is 483 g/mol. The lowest BCUT2D eigenvalue weighted by Gasteiger charge is -2.26. The molecule has 0 bridgehead atoms. The van der Waals surface area contributed by atoms with Crippen molar-refractivity contribution in [1.29, 1.82) is 0 Å². The number of carbonyl (C=O) groups is 1. The SMILES string of the molecule is CC.Cc1cc(-c2c(C3CCOCC3)n(-c3ccc(C(=O)O)cc3)c3cc4[nH]ncc4cc23)ccn1. The van der Waals surface area contributed by atoms with E-state index in [4.69, 9.17) is 4.74 Å². The molecule has 1 fully saturated rings. The number of ether oxygens (including phenoxy) is 1. The Labute approximate surface area is 209 Å². The second-order valence-corrected chi connectivity index (χ2v) is 8.85. The maximum absolute atomic E-state index is 11.5. The molecule has 36 heavy (non-hydrogen) atoms. The quantitative estimate of drug-likeness (QED) is 0.305. The van der Waals surface area contributed by atoms with Crippen LogP contribution in [0.4, 0.5) is 0 Å². The smallest absolute Gasteiger partial charge is 0.335 e. The van der Waals surface area contributed by atoms with Gasteiger partial charge < -0.3 is 14.4 Å². The zero-order valence-electron chi connectivity index (χ0n) is 20.8. The van der Waals surface area contributed by atoms with Crippen molar-refractivity contribution in [3.63, 3.8) is 0 Å². The van der Waals surface area contributed by atoms with Crippen molar-refractivity contribution >= 4 is 27.8 Å². The van der Waals surface area contributed by atoms with Gasteiger partial charge in [0.1, 0.15) is 0 Å². The van der Waals surface area contributed by atoms with Crippen molar-refractivity contribution in [2.45, 2.75) is 39.5 Å². The molecular formula is C29H30N4O3. The summed E-state index contributed by atoms with van der Waals surface area (Å²) in [6.45, 7) is 7.46. The van der Waals surface area contributed by atoms with Gasteiger partial charge in [-0.25, -0.2) is 4.79 Å². The van der Waals surface area contributed by atoms with Crippen LogP contribution in [0.3, 0.4) is 0 Å². The van der Waals surface area contributed by atoms with Crippen molar-refractivity contribution < 1.29 is 14.6 Å². The third-order valence-electron chi connectivity index (χ3n) is 6.73. The summed E-state index contributed by atoms with van der Waals surface area (Å²) in [6, 6.07) is 15.7. The first-order valence-electron chi connectivity index (χ1n) is 12.5. The Morgan fingerprint density at radius 1 is 1.08 bits per heavy atom. The van der Waals surface area contributed by atoms with E-state index in [9.17, 15) is 9.90 Å². The highest BCUT2D eigenvalue weighted by atomic mass is 16.5. The zero-order valence-corrected chi connectivity index (χ0v) is 20.8. The Morgan fingerprint density at radius 2 is 1.83 bits per heavy atom. The number of hydrogen-bond acceptors (Lipinski definition) is 4. The van der Waals surface area contributed by atoms with Gasteiger partial charge in [-0.1, -0.05) is 13.8 Å². The van der Waals surface area contributed by atoms with Crippen molar-refractivity contribution in [1.82, 2.24) is 19.7 Å². The molecule has 1 aliphatic heterocycles. The van der Waals surface area contributed by atoms with E-state index >= 15 is 0 Å². The van der Waals surface area contributed by atoms with Crippen molar-refractivity contribution in [2.24, 2.45) is 0 Å². The predicted molar refractivity (Wildman–Crippen MR) is 142 cm³/mol. The molecule has 6 rings (SSSR count). The fraction of sp³-hybridized carbons (Fsp3) is 0.276. The Kier molecular flexibility index (Phi) is 6.57. The van der Waals surface area contributed by atoms with Crippen LogP contribution in [0.15, 0.2) is 60.9 Å². The van der Waals surface area contributed by atoms with E-state index in [1.54, 1.807) is 12.1 Å². The van der Waals surface area contributed by atoms with Gasteiger partial charge in [0.25, 0.3) is 0 Å². The number of nitrogens with zero attached hydrogens (tertiary/aromatic N) is 3. The van der Waals surface area contributed by atoms with Gasteiger partial charge >= 0.3 is 5.97 Å². The van der Waals surface area contributed by atoms with Gasteiger partial charge in [-0.2, -0.15) is 5.10 Å². The van der Waals surface area contributed by atoms with E-state index < -0.39 is 5.97 Å². The number of hydrogen-bond donors (Lipinski definition) is 2. The minimum absolute atomic E-state index is 0.272. The molecule has 0 amide bonds. The number of carboxylic acids is 1. The van der Waals surface area contributed by atoms with Gasteiger partial charge in [0.2, 0.25) is 0 Å². The van der Waals surface area contributed by atoms with Crippen LogP contribution in [0.5, 0.6) is 0 Å². The van der Waals surface area contributed by atoms with Gasteiger partial charge in [-0.15, -0.1) is 0 Å². The van der Waals surface area contributed by atoms with Crippen LogP contribution in [0.2, 0.25) is 0 Å². The molecule has 0 radical (unpaired) electrons. The predicted octanol–water partition coefficient (Wildman–Crippen LogP) is 6.50. The van der Waals surface area contributed by atoms with Crippen LogP contribution >= 0.6 is 0 Å². The molecule has 7 heteroatoms. The van der Waals surface area contributed by atoms with E-state index in [2.05, 4.69) is 44.0 Å². The summed E-state index contributed by atoms with van der Waals surface area (Å²) in [6.07, 6.45) is 5.57. The summed E-state index contributed by atoms with van der Waals surface area (Å²) in [7, 11) is 0. The highest BCUT2D eigenvalue weighted by Gasteiger charge is 2.28. The first-order valence-corrected chi connectivity index (χ1v) is 12.5. The molecule has 3 aromatic heterocycles. The maximum atomic E-state index is 11.5. The van der Waals surface area contributed by atoms with Crippen LogP contribution in [-0.4, -0.2) is 44.0 Å². The van der Waals surface area contributed by atoms with Gasteiger partial charge in [0.05, 0.1) is 22.8 Å². The summed E-state index contributed by atoms with van der Waals surface area (Å²) in [5.74, 6) is -0.624. The van der Waals surface area contributed by atoms with Crippen LogP contribution < -0.4 is 0 Å². The van der Waals surface area contributed by atoms with Crippen molar-refractivity contribution in [2.75, 3.05) is 13.2 Å². The molecule has 2 N–H and O–H groups in total. The Hall–Kier alpha value is -3.97. The molecule has 7 nitrogen and oxygen atoms in total. The van der Waals surface area contributed by atoms with Gasteiger partial charge in [0.15, 0.2) is 0 Å². The highest BCUT2D eigenvalue weighted by molar-refractivity contribution is 6.05. The molecule has 0 atom stereocenters. The highest BCUT2D eigenvalue weighted by Crippen LogP contribution is 2.44. The van der Waals surface area contributed by atoms with E-state index in [1.165, 1.54) is 11.3 Å². The fourth-order valence-electron chi connectivity index (χ4n) is 5.14. The molecule has 1 saturated heterocycles. The third kappa shape index (κ3) is 4.16. The summed E-state index contributed by atoms with van der Waals surface area (Å²) in [5, 5.41) is 18.9. The van der Waals surface area contributed by atoms with Crippen molar-refractivity contribution in [3.05, 3.63) is 77.9 Å². The molecule has 5 aromatic rings. The number of benzene rings is 2. The van der Waals surface area contributed by atoms with Crippen LogP contribution in [0.1, 0.15) is 54.4 Å². The summed E-state index contributed by atoms with van der Waals surface area (Å²) >= 11 is 0. The minimum Gasteiger partial charge on any atom is -0.478 e. The standard InChI is InChI=1S/C27H24N4O3.C2H6/c1-16-12-19(6-9-28-16)25-22-13-20-15-29-30-23(20)14-24(22)31(26(25)17-7-10-34-11-8-17)21-4-2-18(3-5-21)27(32)33;1-2/h2-6,9,12-15,17H,7-8,10-11H2,1H3,(H,29,30)(H,32,33);1-2H3. The molecule has 0 unspecified atom stereocenters. The molecule has 184 valence electrons. The monoisotopic (exact) mass is 482 g/mol. The second kappa shape index (κ2) is 9.95. The van der Waals surface area contributed by atoms with Gasteiger partial charge in [-0.3, -0.25) is 10.1 Å². The lowest BCUT2D eigenvalue weighted by Crippen LogP contribution is -2.17. The number of pyridine rings is 1. The first kappa shape index (κ1) is 23.8. The largest absolute Gasteiger partial charge is 0.478 e. The van der Waals surface area contributed by atoms with E-state index in [0.717, 1.165) is 64.8 Å². The van der Waals surface area contributed by atoms with E-state index in [-0.39, 0.29) is 5.56 Å². The molecule has 2 aromatic carbocycles. The van der Waals surface area contributed by atoms with Crippen LogP contribution in [-0.2, 0) is 4.74 Å². The average Bonchev–Trinajstić information content (AvgIpc) is 3.51. The summed E-state index contributed by atoms with van der Waals surface area (Å²) in [4.78, 5) is 15.9. The Morgan fingerprint density at radius 3 is 2.53 bits per heavy atom.